The molecule has 1 unspecified atom stereocenters. The number of benzene rings is 1. The molecule has 2 rings (SSSR count). The highest BCUT2D eigenvalue weighted by Crippen LogP contribution is 2.16. The number of hydrogen-bond acceptors (Lipinski definition) is 3. The van der Waals surface area contributed by atoms with Crippen molar-refractivity contribution in [3.05, 3.63) is 46.3 Å². The fraction of sp³-hybridized carbons (Fsp3) is 0.500. The molecule has 0 fully saturated rings. The molecule has 142 valence electrons. The standard InChI is InChI=1S/C20H31N5O/c1-13-8-17(11-18(9-13)26-7)12-22-20(21-5)23-14(2)10-19-15(3)24-25(6)16(19)4/h8-9,11,14H,10,12H2,1-7H3,(H2,21,22,23). The zero-order valence-corrected chi connectivity index (χ0v) is 17.0. The first-order chi connectivity index (χ1) is 12.3. The fourth-order valence-corrected chi connectivity index (χ4v) is 3.13. The molecule has 2 aromatic rings. The Morgan fingerprint density at radius 1 is 1.27 bits per heavy atom. The molecule has 1 aromatic heterocycles. The van der Waals surface area contributed by atoms with Crippen LogP contribution in [0, 0.1) is 20.8 Å². The summed E-state index contributed by atoms with van der Waals surface area (Å²) in [5.41, 5.74) is 5.95. The van der Waals surface area contributed by atoms with Gasteiger partial charge in [0, 0.05) is 32.4 Å². The second-order valence-corrected chi connectivity index (χ2v) is 6.81. The van der Waals surface area contributed by atoms with Crippen LogP contribution in [0.15, 0.2) is 23.2 Å². The third kappa shape index (κ3) is 5.00. The predicted octanol–water partition coefficient (Wildman–Crippen LogP) is 2.65. The van der Waals surface area contributed by atoms with Gasteiger partial charge in [-0.15, -0.1) is 0 Å². The molecule has 26 heavy (non-hydrogen) atoms. The van der Waals surface area contributed by atoms with E-state index >= 15 is 0 Å². The lowest BCUT2D eigenvalue weighted by atomic mass is 10.1. The monoisotopic (exact) mass is 357 g/mol. The number of aliphatic imine (C=N–C) groups is 1. The van der Waals surface area contributed by atoms with E-state index in [-0.39, 0.29) is 6.04 Å². The van der Waals surface area contributed by atoms with E-state index in [1.54, 1.807) is 14.2 Å². The van der Waals surface area contributed by atoms with Crippen molar-refractivity contribution in [3.63, 3.8) is 0 Å². The van der Waals surface area contributed by atoms with Crippen LogP contribution in [0.25, 0.3) is 0 Å². The number of rotatable bonds is 6. The summed E-state index contributed by atoms with van der Waals surface area (Å²) >= 11 is 0. The van der Waals surface area contributed by atoms with Crippen LogP contribution in [-0.2, 0) is 20.0 Å². The van der Waals surface area contributed by atoms with E-state index in [1.807, 2.05) is 23.9 Å². The quantitative estimate of drug-likeness (QED) is 0.616. The molecule has 0 bridgehead atoms. The summed E-state index contributed by atoms with van der Waals surface area (Å²) in [5, 5.41) is 11.3. The Balaban J connectivity index is 1.96. The van der Waals surface area contributed by atoms with Crippen molar-refractivity contribution in [1.82, 2.24) is 20.4 Å². The van der Waals surface area contributed by atoms with Crippen LogP contribution < -0.4 is 15.4 Å². The topological polar surface area (TPSA) is 63.5 Å². The Bertz CT molecular complexity index is 779. The summed E-state index contributed by atoms with van der Waals surface area (Å²) in [6, 6.07) is 6.46. The third-order valence-corrected chi connectivity index (χ3v) is 4.58. The van der Waals surface area contributed by atoms with Gasteiger partial charge in [-0.25, -0.2) is 0 Å². The second-order valence-electron chi connectivity index (χ2n) is 6.81. The molecule has 1 aromatic carbocycles. The van der Waals surface area contributed by atoms with Gasteiger partial charge in [0.15, 0.2) is 5.96 Å². The molecular weight excluding hydrogens is 326 g/mol. The van der Waals surface area contributed by atoms with Gasteiger partial charge in [0.2, 0.25) is 0 Å². The van der Waals surface area contributed by atoms with Gasteiger partial charge in [-0.2, -0.15) is 5.10 Å². The second kappa shape index (κ2) is 8.74. The average molecular weight is 358 g/mol. The van der Waals surface area contributed by atoms with Gasteiger partial charge in [-0.1, -0.05) is 6.07 Å². The van der Waals surface area contributed by atoms with Gasteiger partial charge in [0.25, 0.3) is 0 Å². The number of hydrogen-bond donors (Lipinski definition) is 2. The average Bonchev–Trinajstić information content (AvgIpc) is 2.84. The molecule has 0 aliphatic carbocycles. The van der Waals surface area contributed by atoms with Crippen molar-refractivity contribution < 1.29 is 4.74 Å². The highest BCUT2D eigenvalue weighted by atomic mass is 16.5. The first-order valence-corrected chi connectivity index (χ1v) is 8.94. The molecule has 2 N–H and O–H groups in total. The zero-order chi connectivity index (χ0) is 19.3. The first-order valence-electron chi connectivity index (χ1n) is 8.94. The van der Waals surface area contributed by atoms with E-state index in [4.69, 9.17) is 4.74 Å². The highest BCUT2D eigenvalue weighted by molar-refractivity contribution is 5.80. The van der Waals surface area contributed by atoms with E-state index in [2.05, 4.69) is 54.5 Å². The number of aromatic nitrogens is 2. The smallest absolute Gasteiger partial charge is 0.191 e. The fourth-order valence-electron chi connectivity index (χ4n) is 3.13. The lowest BCUT2D eigenvalue weighted by molar-refractivity contribution is 0.414. The molecule has 6 heteroatoms. The number of methoxy groups -OCH3 is 1. The Morgan fingerprint density at radius 3 is 2.58 bits per heavy atom. The molecular formula is C20H31N5O. The number of nitrogens with zero attached hydrogens (tertiary/aromatic N) is 3. The van der Waals surface area contributed by atoms with Crippen LogP contribution in [0.3, 0.4) is 0 Å². The van der Waals surface area contributed by atoms with E-state index in [1.165, 1.54) is 16.8 Å². The van der Waals surface area contributed by atoms with Crippen LogP contribution in [0.4, 0.5) is 0 Å². The van der Waals surface area contributed by atoms with Crippen LogP contribution in [0.5, 0.6) is 5.75 Å². The molecule has 0 radical (unpaired) electrons. The minimum absolute atomic E-state index is 0.245. The Kier molecular flexibility index (Phi) is 6.66. The lowest BCUT2D eigenvalue weighted by Gasteiger charge is -2.18. The molecule has 0 aliphatic heterocycles. The van der Waals surface area contributed by atoms with Crippen molar-refractivity contribution in [3.8, 4) is 5.75 Å². The maximum absolute atomic E-state index is 5.34. The van der Waals surface area contributed by atoms with E-state index in [9.17, 15) is 0 Å². The lowest BCUT2D eigenvalue weighted by Crippen LogP contribution is -2.42. The summed E-state index contributed by atoms with van der Waals surface area (Å²) in [6.07, 6.45) is 0.907. The predicted molar refractivity (Wildman–Crippen MR) is 107 cm³/mol. The molecule has 0 saturated carbocycles. The first kappa shape index (κ1) is 19.8. The van der Waals surface area contributed by atoms with Crippen LogP contribution in [0.1, 0.15) is 35.0 Å². The minimum atomic E-state index is 0.245. The largest absolute Gasteiger partial charge is 0.497 e. The normalized spacial score (nSPS) is 12.8. The van der Waals surface area contributed by atoms with E-state index < -0.39 is 0 Å². The molecule has 0 saturated heterocycles. The van der Waals surface area contributed by atoms with Gasteiger partial charge in [0.05, 0.1) is 12.8 Å². The van der Waals surface area contributed by atoms with Crippen LogP contribution in [-0.4, -0.2) is 35.9 Å². The summed E-state index contributed by atoms with van der Waals surface area (Å²) in [7, 11) is 5.47. The molecule has 0 aliphatic rings. The number of guanidine groups is 1. The van der Waals surface area contributed by atoms with Crippen molar-refractivity contribution >= 4 is 5.96 Å². The summed E-state index contributed by atoms with van der Waals surface area (Å²) in [5.74, 6) is 1.66. The maximum Gasteiger partial charge on any atom is 0.191 e. The Hall–Kier alpha value is -2.50. The van der Waals surface area contributed by atoms with E-state index in [0.29, 0.717) is 6.54 Å². The van der Waals surface area contributed by atoms with Crippen molar-refractivity contribution in [2.24, 2.45) is 12.0 Å². The van der Waals surface area contributed by atoms with Gasteiger partial charge >= 0.3 is 0 Å². The number of ether oxygens (including phenoxy) is 1. The van der Waals surface area contributed by atoms with Crippen molar-refractivity contribution in [2.75, 3.05) is 14.2 Å². The van der Waals surface area contributed by atoms with Gasteiger partial charge in [0.1, 0.15) is 5.75 Å². The van der Waals surface area contributed by atoms with Crippen molar-refractivity contribution in [2.45, 2.75) is 46.7 Å². The summed E-state index contributed by atoms with van der Waals surface area (Å²) in [4.78, 5) is 4.34. The highest BCUT2D eigenvalue weighted by Gasteiger charge is 2.14. The number of aryl methyl sites for hydroxylation is 3. The van der Waals surface area contributed by atoms with Crippen LogP contribution >= 0.6 is 0 Å². The van der Waals surface area contributed by atoms with Gasteiger partial charge in [-0.05, 0) is 62.9 Å². The molecule has 1 atom stereocenters. The van der Waals surface area contributed by atoms with Crippen LogP contribution in [0.2, 0.25) is 0 Å². The Labute approximate surface area is 156 Å². The summed E-state index contributed by atoms with van der Waals surface area (Å²) < 4.78 is 7.28. The Morgan fingerprint density at radius 2 is 2.00 bits per heavy atom. The van der Waals surface area contributed by atoms with Crippen molar-refractivity contribution in [1.29, 1.82) is 0 Å². The van der Waals surface area contributed by atoms with E-state index in [0.717, 1.165) is 29.4 Å². The van der Waals surface area contributed by atoms with Gasteiger partial charge in [-0.3, -0.25) is 9.67 Å². The minimum Gasteiger partial charge on any atom is -0.497 e. The SMILES string of the molecule is CN=C(NCc1cc(C)cc(OC)c1)NC(C)Cc1c(C)nn(C)c1C. The zero-order valence-electron chi connectivity index (χ0n) is 17.0. The third-order valence-electron chi connectivity index (χ3n) is 4.58. The summed E-state index contributed by atoms with van der Waals surface area (Å²) in [6.45, 7) is 9.09. The van der Waals surface area contributed by atoms with Gasteiger partial charge < -0.3 is 15.4 Å². The molecule has 6 nitrogen and oxygen atoms in total. The number of nitrogens with one attached hydrogen (secondary N) is 2. The molecule has 0 amide bonds. The maximum atomic E-state index is 5.34. The molecule has 0 spiro atoms. The molecule has 1 heterocycles.